The Labute approximate surface area is 93.7 Å². The molecule has 0 saturated heterocycles. The fraction of sp³-hybridized carbons (Fsp3) is 0. The Morgan fingerprint density at radius 3 is 1.69 bits per heavy atom. The number of hydrogen-bond acceptors (Lipinski definition) is 1. The highest BCUT2D eigenvalue weighted by atomic mass is 19.1. The third kappa shape index (κ3) is 2.61. The lowest BCUT2D eigenvalue weighted by molar-refractivity contribution is 0.627. The second-order valence-corrected chi connectivity index (χ2v) is 3.38. The van der Waals surface area contributed by atoms with Crippen molar-refractivity contribution in [3.8, 4) is 11.8 Å². The van der Waals surface area contributed by atoms with Crippen LogP contribution in [0.3, 0.4) is 0 Å². The molecule has 0 aromatic heterocycles. The summed E-state index contributed by atoms with van der Waals surface area (Å²) in [5, 5.41) is 0. The van der Waals surface area contributed by atoms with Crippen LogP contribution in [0.1, 0.15) is 11.1 Å². The average Bonchev–Trinajstić information content (AvgIpc) is 2.30. The van der Waals surface area contributed by atoms with E-state index in [0.717, 1.165) is 11.1 Å². The van der Waals surface area contributed by atoms with Crippen LogP contribution in [0.2, 0.25) is 0 Å². The summed E-state index contributed by atoms with van der Waals surface area (Å²) in [6.45, 7) is 0. The summed E-state index contributed by atoms with van der Waals surface area (Å²) >= 11 is 0. The first kappa shape index (κ1) is 10.3. The first-order chi connectivity index (χ1) is 7.74. The zero-order valence-electron chi connectivity index (χ0n) is 8.57. The third-order valence-electron chi connectivity index (χ3n) is 2.11. The Bertz CT molecular complexity index is 480. The highest BCUT2D eigenvalue weighted by Crippen LogP contribution is 2.05. The molecule has 0 atom stereocenters. The SMILES string of the molecule is Nc1ccc(C#Cc2ccc(F)cc2)cc1. The van der Waals surface area contributed by atoms with Crippen LogP contribution in [0.15, 0.2) is 48.5 Å². The van der Waals surface area contributed by atoms with Gasteiger partial charge in [0.05, 0.1) is 0 Å². The van der Waals surface area contributed by atoms with E-state index in [4.69, 9.17) is 5.73 Å². The molecule has 2 aromatic carbocycles. The van der Waals surface area contributed by atoms with Crippen molar-refractivity contribution < 1.29 is 4.39 Å². The van der Waals surface area contributed by atoms with Crippen molar-refractivity contribution in [2.75, 3.05) is 5.73 Å². The summed E-state index contributed by atoms with van der Waals surface area (Å²) in [4.78, 5) is 0. The van der Waals surface area contributed by atoms with E-state index in [9.17, 15) is 4.39 Å². The summed E-state index contributed by atoms with van der Waals surface area (Å²) in [7, 11) is 0. The molecule has 0 saturated carbocycles. The molecule has 0 unspecified atom stereocenters. The predicted molar refractivity (Wildman–Crippen MR) is 63.2 cm³/mol. The molecule has 2 rings (SSSR count). The smallest absolute Gasteiger partial charge is 0.123 e. The zero-order chi connectivity index (χ0) is 11.4. The molecule has 16 heavy (non-hydrogen) atoms. The molecular weight excluding hydrogens is 201 g/mol. The molecule has 0 radical (unpaired) electrons. The van der Waals surface area contributed by atoms with E-state index in [1.54, 1.807) is 24.3 Å². The maximum absolute atomic E-state index is 12.6. The molecule has 0 amide bonds. The lowest BCUT2D eigenvalue weighted by Gasteiger charge is -1.92. The van der Waals surface area contributed by atoms with Gasteiger partial charge in [-0.25, -0.2) is 4.39 Å². The molecule has 2 heteroatoms. The van der Waals surface area contributed by atoms with Gasteiger partial charge in [-0.2, -0.15) is 0 Å². The number of nitrogen functional groups attached to an aromatic ring is 1. The van der Waals surface area contributed by atoms with Crippen LogP contribution in [0, 0.1) is 17.7 Å². The van der Waals surface area contributed by atoms with Gasteiger partial charge in [-0.1, -0.05) is 11.8 Å². The van der Waals surface area contributed by atoms with Crippen molar-refractivity contribution >= 4 is 5.69 Å². The number of nitrogens with two attached hydrogens (primary N) is 1. The molecule has 0 fully saturated rings. The first-order valence-electron chi connectivity index (χ1n) is 4.87. The van der Waals surface area contributed by atoms with Crippen LogP contribution in [-0.2, 0) is 0 Å². The minimum absolute atomic E-state index is 0.252. The lowest BCUT2D eigenvalue weighted by Crippen LogP contribution is -1.83. The van der Waals surface area contributed by atoms with E-state index >= 15 is 0 Å². The fourth-order valence-electron chi connectivity index (χ4n) is 1.24. The van der Waals surface area contributed by atoms with Crippen molar-refractivity contribution in [3.05, 3.63) is 65.5 Å². The fourth-order valence-corrected chi connectivity index (χ4v) is 1.24. The summed E-state index contributed by atoms with van der Waals surface area (Å²) in [6, 6.07) is 13.4. The predicted octanol–water partition coefficient (Wildman–Crippen LogP) is 2.81. The molecular formula is C14H10FN. The van der Waals surface area contributed by atoms with Crippen molar-refractivity contribution in [3.63, 3.8) is 0 Å². The molecule has 78 valence electrons. The topological polar surface area (TPSA) is 26.0 Å². The van der Waals surface area contributed by atoms with Crippen LogP contribution in [0.5, 0.6) is 0 Å². The maximum Gasteiger partial charge on any atom is 0.123 e. The Kier molecular flexibility index (Phi) is 2.88. The number of hydrogen-bond donors (Lipinski definition) is 1. The van der Waals surface area contributed by atoms with E-state index in [-0.39, 0.29) is 5.82 Å². The van der Waals surface area contributed by atoms with Gasteiger partial charge in [0, 0.05) is 16.8 Å². The molecule has 2 aromatic rings. The van der Waals surface area contributed by atoms with Crippen molar-refractivity contribution in [1.82, 2.24) is 0 Å². The Morgan fingerprint density at radius 1 is 0.750 bits per heavy atom. The van der Waals surface area contributed by atoms with Crippen molar-refractivity contribution in [2.24, 2.45) is 0 Å². The van der Waals surface area contributed by atoms with Gasteiger partial charge in [0.1, 0.15) is 5.82 Å². The third-order valence-corrected chi connectivity index (χ3v) is 2.11. The minimum atomic E-state index is -0.252. The molecule has 0 bridgehead atoms. The standard InChI is InChI=1S/C14H10FN/c15-13-7-3-11(4-8-13)1-2-12-5-9-14(16)10-6-12/h3-10H,16H2. The maximum atomic E-state index is 12.6. The van der Waals surface area contributed by atoms with Gasteiger partial charge in [-0.15, -0.1) is 0 Å². The summed E-state index contributed by atoms with van der Waals surface area (Å²) in [6.07, 6.45) is 0. The van der Waals surface area contributed by atoms with Gasteiger partial charge in [-0.05, 0) is 48.5 Å². The van der Waals surface area contributed by atoms with E-state index in [1.165, 1.54) is 12.1 Å². The quantitative estimate of drug-likeness (QED) is 0.526. The Morgan fingerprint density at radius 2 is 1.19 bits per heavy atom. The molecule has 1 nitrogen and oxygen atoms in total. The summed E-state index contributed by atoms with van der Waals surface area (Å²) in [5.41, 5.74) is 7.95. The Balaban J connectivity index is 2.21. The lowest BCUT2D eigenvalue weighted by atomic mass is 10.2. The van der Waals surface area contributed by atoms with Crippen LogP contribution in [-0.4, -0.2) is 0 Å². The molecule has 0 heterocycles. The highest BCUT2D eigenvalue weighted by molar-refractivity contribution is 5.47. The van der Waals surface area contributed by atoms with E-state index in [1.807, 2.05) is 12.1 Å². The molecule has 0 aliphatic heterocycles. The molecule has 0 spiro atoms. The number of halogens is 1. The molecule has 2 N–H and O–H groups in total. The minimum Gasteiger partial charge on any atom is -0.399 e. The highest BCUT2D eigenvalue weighted by Gasteiger charge is 1.89. The van der Waals surface area contributed by atoms with Gasteiger partial charge in [0.25, 0.3) is 0 Å². The van der Waals surface area contributed by atoms with Crippen molar-refractivity contribution in [2.45, 2.75) is 0 Å². The largest absolute Gasteiger partial charge is 0.399 e. The molecule has 0 aliphatic carbocycles. The Hall–Kier alpha value is -2.27. The monoisotopic (exact) mass is 211 g/mol. The number of rotatable bonds is 0. The summed E-state index contributed by atoms with van der Waals surface area (Å²) in [5.74, 6) is 5.68. The van der Waals surface area contributed by atoms with Gasteiger partial charge in [0.15, 0.2) is 0 Å². The van der Waals surface area contributed by atoms with Gasteiger partial charge in [-0.3, -0.25) is 0 Å². The molecule has 0 aliphatic rings. The van der Waals surface area contributed by atoms with Gasteiger partial charge < -0.3 is 5.73 Å². The normalized spacial score (nSPS) is 9.31. The van der Waals surface area contributed by atoms with Gasteiger partial charge in [0.2, 0.25) is 0 Å². The van der Waals surface area contributed by atoms with E-state index < -0.39 is 0 Å². The van der Waals surface area contributed by atoms with Crippen LogP contribution >= 0.6 is 0 Å². The number of benzene rings is 2. The summed E-state index contributed by atoms with van der Waals surface area (Å²) < 4.78 is 12.6. The van der Waals surface area contributed by atoms with Crippen LogP contribution < -0.4 is 5.73 Å². The zero-order valence-corrected chi connectivity index (χ0v) is 8.57. The second-order valence-electron chi connectivity index (χ2n) is 3.38. The number of anilines is 1. The van der Waals surface area contributed by atoms with Crippen molar-refractivity contribution in [1.29, 1.82) is 0 Å². The van der Waals surface area contributed by atoms with Crippen LogP contribution in [0.4, 0.5) is 10.1 Å². The van der Waals surface area contributed by atoms with Gasteiger partial charge >= 0.3 is 0 Å². The first-order valence-corrected chi connectivity index (χ1v) is 4.87. The van der Waals surface area contributed by atoms with Crippen LogP contribution in [0.25, 0.3) is 0 Å². The van der Waals surface area contributed by atoms with E-state index in [0.29, 0.717) is 5.69 Å². The second kappa shape index (κ2) is 4.50. The average molecular weight is 211 g/mol. The van der Waals surface area contributed by atoms with E-state index in [2.05, 4.69) is 11.8 Å².